The lowest BCUT2D eigenvalue weighted by Crippen LogP contribution is -2.70. The van der Waals surface area contributed by atoms with Gasteiger partial charge in [0, 0.05) is 13.0 Å². The molecule has 0 aliphatic rings. The fraction of sp³-hybridized carbons (Fsp3) is 1.00. The molecule has 0 rings (SSSR count). The molecule has 0 aromatic carbocycles. The Hall–Kier alpha value is -0.950. The van der Waals surface area contributed by atoms with Crippen LogP contribution < -0.4 is 0 Å². The summed E-state index contributed by atoms with van der Waals surface area (Å²) >= 11 is 0. The molecule has 0 unspecified atom stereocenters. The summed E-state index contributed by atoms with van der Waals surface area (Å²) in [4.78, 5) is 0. The quantitative estimate of drug-likeness (QED) is 0.138. The predicted octanol–water partition coefficient (Wildman–Crippen LogP) is 8.66. The lowest BCUT2D eigenvalue weighted by molar-refractivity contribution is -0.440. The van der Waals surface area contributed by atoms with Gasteiger partial charge in [-0.05, 0) is 6.42 Å². The van der Waals surface area contributed by atoms with Crippen molar-refractivity contribution in [1.82, 2.24) is 0 Å². The Balaban J connectivity index is 4.73. The molecule has 0 aromatic rings. The first-order valence-electron chi connectivity index (χ1n) is 10.3. The number of hydrogen-bond acceptors (Lipinski definition) is 1. The molecule has 0 saturated carbocycles. The highest BCUT2D eigenvalue weighted by Crippen LogP contribution is 2.60. The molecule has 200 valence electrons. The van der Waals surface area contributed by atoms with Crippen molar-refractivity contribution in [2.45, 2.75) is 107 Å². The van der Waals surface area contributed by atoms with E-state index in [1.54, 1.807) is 0 Å². The van der Waals surface area contributed by atoms with Crippen LogP contribution in [0.3, 0.4) is 0 Å². The highest BCUT2D eigenvalue weighted by Gasteiger charge is 2.90. The van der Waals surface area contributed by atoms with Crippen LogP contribution in [0.1, 0.15) is 71.1 Å². The number of rotatable bonds is 17. The molecule has 0 radical (unpaired) electrons. The number of ether oxygens (including phenoxy) is 1. The van der Waals surface area contributed by atoms with Crippen LogP contribution in [0, 0.1) is 0 Å². The topological polar surface area (TPSA) is 9.23 Å². The van der Waals surface area contributed by atoms with Crippen LogP contribution in [0.2, 0.25) is 0 Å². The number of alkyl halides is 13. The van der Waals surface area contributed by atoms with Crippen LogP contribution in [-0.2, 0) is 4.74 Å². The second-order valence-electron chi connectivity index (χ2n) is 7.69. The molecule has 0 atom stereocenters. The van der Waals surface area contributed by atoms with E-state index in [0.29, 0.717) is 12.8 Å². The third-order valence-corrected chi connectivity index (χ3v) is 4.95. The molecule has 0 spiro atoms. The fourth-order valence-electron chi connectivity index (χ4n) is 2.78. The van der Waals surface area contributed by atoms with Gasteiger partial charge in [-0.1, -0.05) is 58.3 Å². The van der Waals surface area contributed by atoms with Crippen LogP contribution in [-0.4, -0.2) is 49.0 Å². The molecule has 0 amide bonds. The number of unbranched alkanes of at least 4 members (excludes halogenated alkanes) is 8. The third kappa shape index (κ3) is 7.51. The lowest BCUT2D eigenvalue weighted by Gasteiger charge is -2.39. The zero-order valence-corrected chi connectivity index (χ0v) is 17.8. The van der Waals surface area contributed by atoms with Crippen LogP contribution >= 0.6 is 0 Å². The molecule has 33 heavy (non-hydrogen) atoms. The smallest absolute Gasteiger partial charge is 0.381 e. The zero-order valence-electron chi connectivity index (χ0n) is 17.8. The van der Waals surface area contributed by atoms with Gasteiger partial charge in [0.1, 0.15) is 0 Å². The second-order valence-corrected chi connectivity index (χ2v) is 7.69. The molecule has 0 N–H and O–H groups in total. The van der Waals surface area contributed by atoms with E-state index in [-0.39, 0.29) is 6.61 Å². The monoisotopic (exact) mass is 518 g/mol. The van der Waals surface area contributed by atoms with Gasteiger partial charge in [0.2, 0.25) is 0 Å². The minimum Gasteiger partial charge on any atom is -0.381 e. The van der Waals surface area contributed by atoms with Gasteiger partial charge in [-0.25, -0.2) is 0 Å². The third-order valence-electron chi connectivity index (χ3n) is 4.95. The van der Waals surface area contributed by atoms with Crippen molar-refractivity contribution >= 4 is 0 Å². The van der Waals surface area contributed by atoms with E-state index in [1.807, 2.05) is 0 Å². The predicted molar refractivity (Wildman–Crippen MR) is 93.5 cm³/mol. The van der Waals surface area contributed by atoms with Gasteiger partial charge in [0.15, 0.2) is 0 Å². The van der Waals surface area contributed by atoms with Crippen molar-refractivity contribution in [1.29, 1.82) is 0 Å². The van der Waals surface area contributed by atoms with Crippen molar-refractivity contribution in [3.8, 4) is 0 Å². The van der Waals surface area contributed by atoms with Gasteiger partial charge in [-0.2, -0.15) is 57.1 Å². The number of hydrogen-bond donors (Lipinski definition) is 0. The molecule has 0 fully saturated rings. The van der Waals surface area contributed by atoms with Crippen molar-refractivity contribution < 1.29 is 61.8 Å². The molecule has 0 saturated heterocycles. The first-order valence-corrected chi connectivity index (χ1v) is 10.3. The fourth-order valence-corrected chi connectivity index (χ4v) is 2.78. The van der Waals surface area contributed by atoms with Gasteiger partial charge in [0.25, 0.3) is 0 Å². The van der Waals surface area contributed by atoms with E-state index in [1.165, 1.54) is 0 Å². The van der Waals surface area contributed by atoms with Gasteiger partial charge >= 0.3 is 35.8 Å². The Labute approximate surface area is 183 Å². The Bertz CT molecular complexity index is 558. The summed E-state index contributed by atoms with van der Waals surface area (Å²) in [5.41, 5.74) is 0. The summed E-state index contributed by atoms with van der Waals surface area (Å²) in [7, 11) is 0. The summed E-state index contributed by atoms with van der Waals surface area (Å²) in [6.07, 6.45) is -1.85. The first kappa shape index (κ1) is 32.0. The maximum atomic E-state index is 13.5. The maximum Gasteiger partial charge on any atom is 0.460 e. The molecule has 1 nitrogen and oxygen atoms in total. The maximum absolute atomic E-state index is 13.5. The van der Waals surface area contributed by atoms with Crippen molar-refractivity contribution in [3.05, 3.63) is 0 Å². The second kappa shape index (κ2) is 12.1. The van der Waals surface area contributed by atoms with Gasteiger partial charge < -0.3 is 4.74 Å². The summed E-state index contributed by atoms with van der Waals surface area (Å²) in [5.74, 6) is -36.6. The average molecular weight is 518 g/mol. The van der Waals surface area contributed by atoms with Gasteiger partial charge in [0.05, 0.1) is 6.61 Å². The number of halogens is 13. The first-order chi connectivity index (χ1) is 14.8. The highest BCUT2D eigenvalue weighted by molar-refractivity contribution is 5.10. The minimum atomic E-state index is -7.86. The van der Waals surface area contributed by atoms with Crippen LogP contribution in [0.5, 0.6) is 0 Å². The lowest BCUT2D eigenvalue weighted by atomic mass is 9.93. The normalized spacial score (nSPS) is 14.7. The summed E-state index contributed by atoms with van der Waals surface area (Å²) in [5, 5.41) is 0. The van der Waals surface area contributed by atoms with E-state index in [4.69, 9.17) is 0 Å². The van der Waals surface area contributed by atoms with Crippen molar-refractivity contribution in [3.63, 3.8) is 0 Å². The van der Waals surface area contributed by atoms with Gasteiger partial charge in [-0.3, -0.25) is 0 Å². The van der Waals surface area contributed by atoms with Crippen molar-refractivity contribution in [2.75, 3.05) is 13.2 Å². The zero-order chi connectivity index (χ0) is 26.2. The molecule has 0 aromatic heterocycles. The Morgan fingerprint density at radius 3 is 1.27 bits per heavy atom. The molecular formula is C19H27F13O. The largest absolute Gasteiger partial charge is 0.460 e. The van der Waals surface area contributed by atoms with Crippen LogP contribution in [0.25, 0.3) is 0 Å². The van der Waals surface area contributed by atoms with Crippen LogP contribution in [0.4, 0.5) is 57.1 Å². The van der Waals surface area contributed by atoms with E-state index < -0.39 is 48.8 Å². The van der Waals surface area contributed by atoms with E-state index in [0.717, 1.165) is 44.9 Å². The van der Waals surface area contributed by atoms with Gasteiger partial charge in [-0.15, -0.1) is 0 Å². The van der Waals surface area contributed by atoms with E-state index in [9.17, 15) is 57.1 Å². The molecular weight excluding hydrogens is 491 g/mol. The molecule has 0 heterocycles. The van der Waals surface area contributed by atoms with Crippen molar-refractivity contribution in [2.24, 2.45) is 0 Å². The Morgan fingerprint density at radius 1 is 0.455 bits per heavy atom. The van der Waals surface area contributed by atoms with E-state index >= 15 is 0 Å². The molecule has 0 bridgehead atoms. The molecule has 0 aliphatic carbocycles. The van der Waals surface area contributed by atoms with E-state index in [2.05, 4.69) is 11.7 Å². The van der Waals surface area contributed by atoms with Crippen LogP contribution in [0.15, 0.2) is 0 Å². The summed E-state index contributed by atoms with van der Waals surface area (Å²) in [6, 6.07) is 0. The standard InChI is InChI=1S/C19H27F13O/c1-2-3-4-5-6-7-8-9-10-12-33-13-11-14(20,21)15(22,23)16(24,25)17(26,27)18(28,29)19(30,31)32/h2-13H2,1H3. The minimum absolute atomic E-state index is 0.254. The Morgan fingerprint density at radius 2 is 0.848 bits per heavy atom. The Kier molecular flexibility index (Phi) is 11.8. The highest BCUT2D eigenvalue weighted by atomic mass is 19.4. The SMILES string of the molecule is CCCCCCCCCCCOCCC(F)(F)C(F)(F)C(F)(F)C(F)(F)C(F)(F)C(F)(F)F. The molecule has 14 heteroatoms. The average Bonchev–Trinajstić information content (AvgIpc) is 2.67. The summed E-state index contributed by atoms with van der Waals surface area (Å²) in [6.45, 7) is 0.470. The molecule has 0 aliphatic heterocycles. The summed E-state index contributed by atoms with van der Waals surface area (Å²) < 4.78 is 173.